The number of hydrogen-bond donors (Lipinski definition) is 2. The first kappa shape index (κ1) is 11.1. The van der Waals surface area contributed by atoms with Gasteiger partial charge in [-0.3, -0.25) is 4.79 Å². The van der Waals surface area contributed by atoms with Crippen molar-refractivity contribution in [2.45, 2.75) is 32.1 Å². The molecule has 6 heteroatoms. The molecular weight excluding hydrogens is 228 g/mol. The Balaban J connectivity index is 2.29. The molecule has 0 spiro atoms. The minimum absolute atomic E-state index is 0.231. The number of anilines is 1. The van der Waals surface area contributed by atoms with Crippen molar-refractivity contribution in [1.82, 2.24) is 4.98 Å². The minimum atomic E-state index is -0.962. The number of nitrogens with one attached hydrogen (secondary N) is 1. The van der Waals surface area contributed by atoms with Crippen LogP contribution < -0.4 is 5.32 Å². The van der Waals surface area contributed by atoms with Gasteiger partial charge in [0, 0.05) is 12.8 Å². The summed E-state index contributed by atoms with van der Waals surface area (Å²) in [6.45, 7) is 1.38. The molecule has 1 heterocycles. The molecule has 86 valence electrons. The zero-order chi connectivity index (χ0) is 11.7. The van der Waals surface area contributed by atoms with E-state index in [1.165, 1.54) is 6.92 Å². The quantitative estimate of drug-likeness (QED) is 0.847. The summed E-state index contributed by atoms with van der Waals surface area (Å²) in [5, 5.41) is 11.9. The smallest absolute Gasteiger partial charge is 0.347 e. The number of nitrogens with zero attached hydrogens (tertiary/aromatic N) is 1. The van der Waals surface area contributed by atoms with Gasteiger partial charge in [0.05, 0.1) is 5.69 Å². The van der Waals surface area contributed by atoms with Crippen LogP contribution in [0.1, 0.15) is 47.5 Å². The molecular formula is C10H12N2O3S. The molecule has 0 aliphatic heterocycles. The van der Waals surface area contributed by atoms with Crippen LogP contribution in [0.3, 0.4) is 0 Å². The van der Waals surface area contributed by atoms with E-state index >= 15 is 0 Å². The van der Waals surface area contributed by atoms with Crippen LogP contribution in [0.5, 0.6) is 0 Å². The monoisotopic (exact) mass is 240 g/mol. The van der Waals surface area contributed by atoms with E-state index in [1.54, 1.807) is 0 Å². The number of rotatable bonds is 3. The van der Waals surface area contributed by atoms with Crippen LogP contribution >= 0.6 is 11.3 Å². The van der Waals surface area contributed by atoms with Crippen molar-refractivity contribution >= 4 is 28.3 Å². The average Bonchev–Trinajstić information content (AvgIpc) is 2.44. The summed E-state index contributed by atoms with van der Waals surface area (Å²) in [5.74, 6) is -0.938. The third-order valence-corrected chi connectivity index (χ3v) is 3.60. The molecule has 0 atom stereocenters. The van der Waals surface area contributed by atoms with E-state index in [1.807, 2.05) is 0 Å². The lowest BCUT2D eigenvalue weighted by Crippen LogP contribution is -2.13. The Morgan fingerprint density at radius 2 is 2.19 bits per heavy atom. The molecule has 0 unspecified atom stereocenters. The van der Waals surface area contributed by atoms with Crippen molar-refractivity contribution in [2.75, 3.05) is 5.32 Å². The van der Waals surface area contributed by atoms with Gasteiger partial charge in [0.2, 0.25) is 5.91 Å². The lowest BCUT2D eigenvalue weighted by atomic mass is 9.82. The van der Waals surface area contributed by atoms with Gasteiger partial charge < -0.3 is 10.4 Å². The highest BCUT2D eigenvalue weighted by Crippen LogP contribution is 2.40. The van der Waals surface area contributed by atoms with Crippen LogP contribution in [0.4, 0.5) is 5.13 Å². The van der Waals surface area contributed by atoms with Gasteiger partial charge in [0.25, 0.3) is 0 Å². The van der Waals surface area contributed by atoms with Crippen molar-refractivity contribution in [1.29, 1.82) is 0 Å². The Hall–Kier alpha value is -1.43. The second kappa shape index (κ2) is 4.21. The molecule has 0 aromatic carbocycles. The van der Waals surface area contributed by atoms with Crippen molar-refractivity contribution in [3.63, 3.8) is 0 Å². The molecule has 2 N–H and O–H groups in total. The van der Waals surface area contributed by atoms with Gasteiger partial charge in [-0.05, 0) is 12.8 Å². The van der Waals surface area contributed by atoms with Crippen LogP contribution in [0.25, 0.3) is 0 Å². The normalized spacial score (nSPS) is 15.6. The first-order valence-electron chi connectivity index (χ1n) is 5.09. The van der Waals surface area contributed by atoms with E-state index in [0.717, 1.165) is 30.6 Å². The second-order valence-corrected chi connectivity index (χ2v) is 4.85. The molecule has 0 saturated heterocycles. The fourth-order valence-corrected chi connectivity index (χ4v) is 2.58. The van der Waals surface area contributed by atoms with Gasteiger partial charge in [-0.15, -0.1) is 0 Å². The van der Waals surface area contributed by atoms with Crippen molar-refractivity contribution in [3.8, 4) is 0 Å². The van der Waals surface area contributed by atoms with Gasteiger partial charge in [-0.25, -0.2) is 9.78 Å². The van der Waals surface area contributed by atoms with E-state index in [4.69, 9.17) is 5.11 Å². The van der Waals surface area contributed by atoms with E-state index < -0.39 is 5.97 Å². The summed E-state index contributed by atoms with van der Waals surface area (Å²) < 4.78 is 0. The van der Waals surface area contributed by atoms with Crippen LogP contribution in [0.15, 0.2) is 0 Å². The van der Waals surface area contributed by atoms with Gasteiger partial charge in [-0.1, -0.05) is 17.8 Å². The molecule has 1 amide bonds. The maximum Gasteiger partial charge on any atom is 0.347 e. The number of thiazole rings is 1. The lowest BCUT2D eigenvalue weighted by molar-refractivity contribution is -0.114. The standard InChI is InChI=1S/C10H12N2O3S/c1-5(13)11-10-12-7(6-3-2-4-6)8(16-10)9(14)15/h6H,2-4H2,1H3,(H,14,15)(H,11,12,13). The van der Waals surface area contributed by atoms with Gasteiger partial charge in [0.15, 0.2) is 5.13 Å². The zero-order valence-electron chi connectivity index (χ0n) is 8.82. The summed E-state index contributed by atoms with van der Waals surface area (Å²) in [7, 11) is 0. The van der Waals surface area contributed by atoms with Crippen molar-refractivity contribution < 1.29 is 14.7 Å². The van der Waals surface area contributed by atoms with E-state index in [9.17, 15) is 9.59 Å². The molecule has 2 rings (SSSR count). The number of carboxylic acid groups (broad SMARTS) is 1. The van der Waals surface area contributed by atoms with Gasteiger partial charge in [0.1, 0.15) is 4.88 Å². The molecule has 1 aliphatic carbocycles. The van der Waals surface area contributed by atoms with Gasteiger partial charge in [-0.2, -0.15) is 0 Å². The maximum absolute atomic E-state index is 11.0. The largest absolute Gasteiger partial charge is 0.477 e. The number of hydrogen-bond acceptors (Lipinski definition) is 4. The van der Waals surface area contributed by atoms with Crippen LogP contribution in [0.2, 0.25) is 0 Å². The number of carboxylic acids is 1. The van der Waals surface area contributed by atoms with Gasteiger partial charge >= 0.3 is 5.97 Å². The summed E-state index contributed by atoms with van der Waals surface area (Å²) >= 11 is 1.03. The van der Waals surface area contributed by atoms with Crippen molar-refractivity contribution in [3.05, 3.63) is 10.6 Å². The SMILES string of the molecule is CC(=O)Nc1nc(C2CCC2)c(C(=O)O)s1. The number of aromatic carboxylic acids is 1. The molecule has 0 bridgehead atoms. The van der Waals surface area contributed by atoms with E-state index in [2.05, 4.69) is 10.3 Å². The Kier molecular flexibility index (Phi) is 2.91. The summed E-state index contributed by atoms with van der Waals surface area (Å²) in [5.41, 5.74) is 0.632. The number of aromatic nitrogens is 1. The average molecular weight is 240 g/mol. The predicted molar refractivity (Wildman–Crippen MR) is 60.0 cm³/mol. The molecule has 5 nitrogen and oxygen atoms in total. The summed E-state index contributed by atoms with van der Waals surface area (Å²) in [6, 6.07) is 0. The molecule has 1 fully saturated rings. The van der Waals surface area contributed by atoms with Crippen molar-refractivity contribution in [2.24, 2.45) is 0 Å². The Bertz CT molecular complexity index is 437. The fraction of sp³-hybridized carbons (Fsp3) is 0.500. The van der Waals surface area contributed by atoms with E-state index in [-0.39, 0.29) is 16.7 Å². The molecule has 1 saturated carbocycles. The predicted octanol–water partition coefficient (Wildman–Crippen LogP) is 2.07. The Labute approximate surface area is 96.5 Å². The highest BCUT2D eigenvalue weighted by atomic mass is 32.1. The highest BCUT2D eigenvalue weighted by Gasteiger charge is 2.28. The van der Waals surface area contributed by atoms with Crippen LogP contribution in [-0.4, -0.2) is 22.0 Å². The minimum Gasteiger partial charge on any atom is -0.477 e. The summed E-state index contributed by atoms with van der Waals surface area (Å²) in [4.78, 5) is 26.3. The summed E-state index contributed by atoms with van der Waals surface area (Å²) in [6.07, 6.45) is 3.10. The van der Waals surface area contributed by atoms with Crippen LogP contribution in [0, 0.1) is 0 Å². The molecule has 0 radical (unpaired) electrons. The number of carbonyl (C=O) groups excluding carboxylic acids is 1. The Morgan fingerprint density at radius 1 is 1.50 bits per heavy atom. The molecule has 1 aromatic heterocycles. The number of carbonyl (C=O) groups is 2. The highest BCUT2D eigenvalue weighted by molar-refractivity contribution is 7.17. The van der Waals surface area contributed by atoms with Crippen LogP contribution in [-0.2, 0) is 4.79 Å². The third-order valence-electron chi connectivity index (χ3n) is 2.62. The van der Waals surface area contributed by atoms with E-state index in [0.29, 0.717) is 10.8 Å². The third kappa shape index (κ3) is 2.06. The Morgan fingerprint density at radius 3 is 2.62 bits per heavy atom. The molecule has 16 heavy (non-hydrogen) atoms. The second-order valence-electron chi connectivity index (χ2n) is 3.85. The first-order chi connectivity index (χ1) is 7.58. The topological polar surface area (TPSA) is 79.3 Å². The first-order valence-corrected chi connectivity index (χ1v) is 5.91. The molecule has 1 aromatic rings. The lowest BCUT2D eigenvalue weighted by Gasteiger charge is -2.23. The fourth-order valence-electron chi connectivity index (χ4n) is 1.65. The molecule has 1 aliphatic rings. The maximum atomic E-state index is 11.0. The number of amides is 1. The zero-order valence-corrected chi connectivity index (χ0v) is 9.63.